The first-order chi connectivity index (χ1) is 13.6. The average molecular weight is 431 g/mol. The van der Waals surface area contributed by atoms with Gasteiger partial charge < -0.3 is 10.2 Å². The van der Waals surface area contributed by atoms with Gasteiger partial charge in [-0.3, -0.25) is 4.79 Å². The third kappa shape index (κ3) is 4.32. The Morgan fingerprint density at radius 3 is 2.75 bits per heavy atom. The predicted molar refractivity (Wildman–Crippen MR) is 119 cm³/mol. The summed E-state index contributed by atoms with van der Waals surface area (Å²) in [6.45, 7) is 3.97. The van der Waals surface area contributed by atoms with Crippen LogP contribution in [0.3, 0.4) is 0 Å². The number of thioether (sulfide) groups is 1. The number of carbonyl (C=O) groups excluding carboxylic acids is 1. The Balaban J connectivity index is 1.46. The molecule has 144 valence electrons. The molecule has 1 saturated heterocycles. The van der Waals surface area contributed by atoms with Gasteiger partial charge in [0.15, 0.2) is 0 Å². The van der Waals surface area contributed by atoms with Gasteiger partial charge in [0.05, 0.1) is 0 Å². The number of halogens is 1. The quantitative estimate of drug-likeness (QED) is 0.633. The van der Waals surface area contributed by atoms with Crippen molar-refractivity contribution in [1.82, 2.24) is 9.97 Å². The number of nitrogens with zero attached hydrogens (tertiary/aromatic N) is 3. The highest BCUT2D eigenvalue weighted by atomic mass is 35.5. The topological polar surface area (TPSA) is 58.1 Å². The van der Waals surface area contributed by atoms with Gasteiger partial charge in [-0.05, 0) is 42.8 Å². The van der Waals surface area contributed by atoms with Gasteiger partial charge >= 0.3 is 0 Å². The number of aryl methyl sites for hydroxylation is 1. The third-order valence-electron chi connectivity index (χ3n) is 4.50. The maximum Gasteiger partial charge on any atom is 0.275 e. The van der Waals surface area contributed by atoms with E-state index in [1.807, 2.05) is 43.1 Å². The van der Waals surface area contributed by atoms with Crippen LogP contribution in [-0.4, -0.2) is 40.5 Å². The molecule has 28 heavy (non-hydrogen) atoms. The molecule has 8 heteroatoms. The number of hydrogen-bond acceptors (Lipinski definition) is 6. The second-order valence-corrected chi connectivity index (χ2v) is 8.98. The number of hydrogen-bond donors (Lipinski definition) is 1. The van der Waals surface area contributed by atoms with Gasteiger partial charge in [0.1, 0.15) is 16.5 Å². The number of benzene rings is 1. The Labute approximate surface area is 177 Å². The fourth-order valence-corrected chi connectivity index (χ4v) is 4.88. The second-order valence-electron chi connectivity index (χ2n) is 6.46. The van der Waals surface area contributed by atoms with Crippen LogP contribution in [0.2, 0.25) is 5.02 Å². The molecule has 0 radical (unpaired) electrons. The van der Waals surface area contributed by atoms with E-state index in [0.717, 1.165) is 52.2 Å². The van der Waals surface area contributed by atoms with Gasteiger partial charge in [-0.25, -0.2) is 9.97 Å². The van der Waals surface area contributed by atoms with E-state index >= 15 is 0 Å². The zero-order chi connectivity index (χ0) is 19.5. The second kappa shape index (κ2) is 8.51. The lowest BCUT2D eigenvalue weighted by Gasteiger charge is -2.27. The first kappa shape index (κ1) is 19.2. The summed E-state index contributed by atoms with van der Waals surface area (Å²) >= 11 is 9.39. The molecule has 1 aromatic carbocycles. The van der Waals surface area contributed by atoms with Gasteiger partial charge in [-0.1, -0.05) is 11.6 Å². The van der Waals surface area contributed by atoms with Crippen molar-refractivity contribution in [1.29, 1.82) is 0 Å². The lowest BCUT2D eigenvalue weighted by molar-refractivity contribution is 0.102. The van der Waals surface area contributed by atoms with E-state index in [1.165, 1.54) is 11.3 Å². The molecule has 1 N–H and O–H groups in total. The first-order valence-corrected chi connectivity index (χ1v) is 11.3. The molecule has 0 unspecified atom stereocenters. The molecule has 4 rings (SSSR count). The number of nitrogens with one attached hydrogen (secondary N) is 1. The summed E-state index contributed by atoms with van der Waals surface area (Å²) in [5, 5.41) is 6.09. The molecule has 2 aromatic heterocycles. The van der Waals surface area contributed by atoms with E-state index in [4.69, 9.17) is 11.6 Å². The lowest BCUT2D eigenvalue weighted by Crippen LogP contribution is -2.32. The standard InChI is InChI=1S/C20H19ClN4OS2/c1-13-10-15(21)3-4-16(13)23-19(26)17-12-28-20(24-17)14-2-5-18(22-11-14)25-6-8-27-9-7-25/h2-5,10-12H,6-9H2,1H3,(H,23,26). The van der Waals surface area contributed by atoms with Crippen LogP contribution in [-0.2, 0) is 0 Å². The van der Waals surface area contributed by atoms with Crippen molar-refractivity contribution in [2.24, 2.45) is 0 Å². The Bertz CT molecular complexity index is 984. The largest absolute Gasteiger partial charge is 0.355 e. The van der Waals surface area contributed by atoms with E-state index in [-0.39, 0.29) is 5.91 Å². The monoisotopic (exact) mass is 430 g/mol. The van der Waals surface area contributed by atoms with Crippen LogP contribution in [0.5, 0.6) is 0 Å². The highest BCUT2D eigenvalue weighted by Crippen LogP contribution is 2.26. The van der Waals surface area contributed by atoms with Crippen LogP contribution >= 0.6 is 34.7 Å². The first-order valence-electron chi connectivity index (χ1n) is 8.92. The molecule has 1 aliphatic rings. The summed E-state index contributed by atoms with van der Waals surface area (Å²) in [5.74, 6) is 3.04. The van der Waals surface area contributed by atoms with Crippen molar-refractivity contribution in [3.63, 3.8) is 0 Å². The molecule has 1 aliphatic heterocycles. The highest BCUT2D eigenvalue weighted by Gasteiger charge is 2.15. The average Bonchev–Trinajstić information content (AvgIpc) is 3.21. The number of aromatic nitrogens is 2. The summed E-state index contributed by atoms with van der Waals surface area (Å²) in [5.41, 5.74) is 2.95. The lowest BCUT2D eigenvalue weighted by atomic mass is 10.2. The van der Waals surface area contributed by atoms with Crippen molar-refractivity contribution >= 4 is 52.1 Å². The van der Waals surface area contributed by atoms with Crippen molar-refractivity contribution in [2.75, 3.05) is 34.8 Å². The summed E-state index contributed by atoms with van der Waals surface area (Å²) in [4.78, 5) is 23.9. The highest BCUT2D eigenvalue weighted by molar-refractivity contribution is 7.99. The molecule has 0 atom stereocenters. The minimum atomic E-state index is -0.233. The van der Waals surface area contributed by atoms with Crippen molar-refractivity contribution in [3.05, 3.63) is 58.2 Å². The molecule has 3 aromatic rings. The minimum absolute atomic E-state index is 0.233. The summed E-state index contributed by atoms with van der Waals surface area (Å²) in [7, 11) is 0. The Morgan fingerprint density at radius 1 is 1.21 bits per heavy atom. The van der Waals surface area contributed by atoms with E-state index in [2.05, 4.69) is 20.2 Å². The molecule has 5 nitrogen and oxygen atoms in total. The number of thiazole rings is 1. The third-order valence-corrected chi connectivity index (χ3v) is 6.57. The Hall–Kier alpha value is -2.09. The minimum Gasteiger partial charge on any atom is -0.355 e. The molecular weight excluding hydrogens is 412 g/mol. The molecule has 0 aliphatic carbocycles. The van der Waals surface area contributed by atoms with Gasteiger partial charge in [-0.15, -0.1) is 11.3 Å². The smallest absolute Gasteiger partial charge is 0.275 e. The normalized spacial score (nSPS) is 14.1. The maximum atomic E-state index is 12.5. The SMILES string of the molecule is Cc1cc(Cl)ccc1NC(=O)c1csc(-c2ccc(N3CCSCC3)nc2)n1. The van der Waals surface area contributed by atoms with Crippen LogP contribution in [0, 0.1) is 6.92 Å². The van der Waals surface area contributed by atoms with Crippen LogP contribution in [0.4, 0.5) is 11.5 Å². The molecule has 1 fully saturated rings. The maximum absolute atomic E-state index is 12.5. The van der Waals surface area contributed by atoms with Crippen LogP contribution in [0.25, 0.3) is 10.6 Å². The number of anilines is 2. The van der Waals surface area contributed by atoms with Crippen molar-refractivity contribution < 1.29 is 4.79 Å². The zero-order valence-electron chi connectivity index (χ0n) is 15.3. The summed E-state index contributed by atoms with van der Waals surface area (Å²) in [6.07, 6.45) is 1.83. The van der Waals surface area contributed by atoms with Gasteiger partial charge in [0.25, 0.3) is 5.91 Å². The Morgan fingerprint density at radius 2 is 2.04 bits per heavy atom. The van der Waals surface area contributed by atoms with Crippen LogP contribution in [0.1, 0.15) is 16.1 Å². The van der Waals surface area contributed by atoms with Gasteiger partial charge in [0.2, 0.25) is 0 Å². The summed E-state index contributed by atoms with van der Waals surface area (Å²) in [6, 6.07) is 9.42. The predicted octanol–water partition coefficient (Wildman–Crippen LogP) is 4.97. The number of carbonyl (C=O) groups is 1. The number of pyridine rings is 1. The van der Waals surface area contributed by atoms with E-state index in [1.54, 1.807) is 17.5 Å². The molecule has 0 spiro atoms. The van der Waals surface area contributed by atoms with Crippen molar-refractivity contribution in [3.8, 4) is 10.6 Å². The van der Waals surface area contributed by atoms with Gasteiger partial charge in [0, 0.05) is 52.4 Å². The molecule has 0 bridgehead atoms. The molecule has 1 amide bonds. The summed E-state index contributed by atoms with van der Waals surface area (Å²) < 4.78 is 0. The number of amides is 1. The molecule has 0 saturated carbocycles. The van der Waals surface area contributed by atoms with Crippen molar-refractivity contribution in [2.45, 2.75) is 6.92 Å². The Kier molecular flexibility index (Phi) is 5.85. The van der Waals surface area contributed by atoms with E-state index in [9.17, 15) is 4.79 Å². The molecule has 3 heterocycles. The molecular formula is C20H19ClN4OS2. The van der Waals surface area contributed by atoms with Crippen LogP contribution in [0.15, 0.2) is 41.9 Å². The number of rotatable bonds is 4. The zero-order valence-corrected chi connectivity index (χ0v) is 17.7. The fraction of sp³-hybridized carbons (Fsp3) is 0.250. The van der Waals surface area contributed by atoms with Crippen LogP contribution < -0.4 is 10.2 Å². The fourth-order valence-electron chi connectivity index (χ4n) is 2.96. The van der Waals surface area contributed by atoms with Gasteiger partial charge in [-0.2, -0.15) is 11.8 Å². The van der Waals surface area contributed by atoms with E-state index in [0.29, 0.717) is 10.7 Å². The van der Waals surface area contributed by atoms with E-state index < -0.39 is 0 Å².